The number of fused-ring (bicyclic) bond motifs is 4. The highest BCUT2D eigenvalue weighted by atomic mass is 35.5. The van der Waals surface area contributed by atoms with E-state index in [1.54, 1.807) is 36.4 Å². The number of carbonyl (C=O) groups excluding carboxylic acids is 4. The van der Waals surface area contributed by atoms with E-state index in [9.17, 15) is 32.7 Å². The predicted octanol–water partition coefficient (Wildman–Crippen LogP) is 7.44. The first kappa shape index (κ1) is 36.4. The van der Waals surface area contributed by atoms with Crippen molar-refractivity contribution < 1.29 is 42.2 Å². The molecular weight excluding hydrogens is 748 g/mol. The molecule has 2 aromatic carbocycles. The Balaban J connectivity index is 1.32. The van der Waals surface area contributed by atoms with Crippen molar-refractivity contribution in [2.45, 2.75) is 68.5 Å². The van der Waals surface area contributed by atoms with Gasteiger partial charge in [-0.1, -0.05) is 72.3 Å². The number of imide groups is 2. The third-order valence-corrected chi connectivity index (χ3v) is 12.6. The van der Waals surface area contributed by atoms with Crippen molar-refractivity contribution in [3.63, 3.8) is 0 Å². The monoisotopic (exact) mass is 782 g/mol. The summed E-state index contributed by atoms with van der Waals surface area (Å²) in [6.07, 6.45) is 2.10. The molecule has 0 bridgehead atoms. The lowest BCUT2D eigenvalue weighted by atomic mass is 9.49. The van der Waals surface area contributed by atoms with Gasteiger partial charge >= 0.3 is 6.18 Å². The summed E-state index contributed by atoms with van der Waals surface area (Å²) in [5, 5.41) is 12.2. The minimum atomic E-state index is -4.75. The number of phenols is 1. The van der Waals surface area contributed by atoms with Crippen LogP contribution in [0.3, 0.4) is 0 Å². The van der Waals surface area contributed by atoms with Crippen LogP contribution >= 0.6 is 23.2 Å². The fourth-order valence-corrected chi connectivity index (χ4v) is 10.2. The van der Waals surface area contributed by atoms with Gasteiger partial charge in [0.05, 0.1) is 40.9 Å². The number of aromatic hydroxyl groups is 1. The molecule has 0 spiro atoms. The number of hydrogen-bond acceptors (Lipinski definition) is 8. The van der Waals surface area contributed by atoms with Crippen molar-refractivity contribution in [2.24, 2.45) is 23.7 Å². The number of phenolic OH excluding ortho intramolecular Hbond substituents is 1. The predicted molar refractivity (Wildman–Crippen MR) is 190 cm³/mol. The van der Waals surface area contributed by atoms with Crippen LogP contribution < -0.4 is 10.2 Å². The number of hydrogen-bond donors (Lipinski definition) is 2. The van der Waals surface area contributed by atoms with Crippen molar-refractivity contribution in [1.82, 2.24) is 14.9 Å². The lowest BCUT2D eigenvalue weighted by molar-refractivity contribution is -0.144. The zero-order valence-corrected chi connectivity index (χ0v) is 30.4. The third-order valence-electron chi connectivity index (χ3n) is 12.1. The number of ether oxygens (including phenoxy) is 1. The number of nitrogens with zero attached hydrogens (tertiary/aromatic N) is 3. The van der Waals surface area contributed by atoms with Crippen molar-refractivity contribution in [1.29, 1.82) is 0 Å². The standard InChI is InChI=1S/C39H35Cl2F3N4O6/c1-54-29-9-5-8-28(49)31(29)32-23-14-15-24-30(36(52)47(34(24)50)22-6-3-2-4-7-22)25(23)17-26-35(51)48(37(53)38(26,32)19-10-12-21(40)13-11-19)46-33-27(41)16-20(18-45-33)39(42,43)44/h5,8-14,16,18,22,24-26,30,32,49H,2-4,6-7,15,17H2,1H3,(H,45,46). The van der Waals surface area contributed by atoms with Gasteiger partial charge in [0.2, 0.25) is 11.8 Å². The maximum Gasteiger partial charge on any atom is 0.417 e. The van der Waals surface area contributed by atoms with Crippen molar-refractivity contribution >= 4 is 52.6 Å². The number of hydrazine groups is 1. The Morgan fingerprint density at radius 2 is 1.69 bits per heavy atom. The normalized spacial score (nSPS) is 28.5. The fraction of sp³-hybridized carbons (Fsp3) is 0.410. The van der Waals surface area contributed by atoms with Gasteiger partial charge in [0.25, 0.3) is 11.8 Å². The van der Waals surface area contributed by atoms with Crippen LogP contribution in [0.1, 0.15) is 67.6 Å². The molecule has 4 fully saturated rings. The first-order valence-electron chi connectivity index (χ1n) is 17.9. The number of nitrogens with one attached hydrogen (secondary N) is 1. The minimum Gasteiger partial charge on any atom is -0.508 e. The minimum absolute atomic E-state index is 0.0313. The number of halogens is 5. The average Bonchev–Trinajstić information content (AvgIpc) is 3.53. The van der Waals surface area contributed by atoms with Crippen LogP contribution in [-0.4, -0.2) is 56.8 Å². The molecule has 3 aromatic rings. The van der Waals surface area contributed by atoms with E-state index < -0.39 is 63.6 Å². The summed E-state index contributed by atoms with van der Waals surface area (Å²) in [6.45, 7) is 0. The number of anilines is 1. The zero-order chi connectivity index (χ0) is 38.3. The van der Waals surface area contributed by atoms with Crippen molar-refractivity contribution in [3.8, 4) is 11.5 Å². The molecule has 2 saturated carbocycles. The molecule has 0 radical (unpaired) electrons. The highest BCUT2D eigenvalue weighted by molar-refractivity contribution is 6.33. The Morgan fingerprint density at radius 3 is 2.35 bits per heavy atom. The fourth-order valence-electron chi connectivity index (χ4n) is 9.82. The number of allylic oxidation sites excluding steroid dienone is 2. The maximum absolute atomic E-state index is 15.4. The molecule has 54 heavy (non-hydrogen) atoms. The van der Waals surface area contributed by atoms with E-state index in [1.807, 2.05) is 6.08 Å². The van der Waals surface area contributed by atoms with Gasteiger partial charge in [-0.3, -0.25) is 29.5 Å². The van der Waals surface area contributed by atoms with E-state index in [4.69, 9.17) is 27.9 Å². The molecule has 1 aromatic heterocycles. The van der Waals surface area contributed by atoms with Gasteiger partial charge in [0.1, 0.15) is 11.5 Å². The summed E-state index contributed by atoms with van der Waals surface area (Å²) >= 11 is 12.6. The molecule has 2 saturated heterocycles. The van der Waals surface area contributed by atoms with Crippen molar-refractivity contribution in [3.05, 3.63) is 93.1 Å². The summed E-state index contributed by atoms with van der Waals surface area (Å²) in [5.41, 5.74) is 0.830. The van der Waals surface area contributed by atoms with E-state index in [1.165, 1.54) is 18.1 Å². The van der Waals surface area contributed by atoms with Crippen LogP contribution in [0.25, 0.3) is 0 Å². The van der Waals surface area contributed by atoms with E-state index in [-0.39, 0.29) is 53.6 Å². The number of alkyl halides is 3. The summed E-state index contributed by atoms with van der Waals surface area (Å²) in [7, 11) is 1.41. The Morgan fingerprint density at radius 1 is 0.963 bits per heavy atom. The van der Waals surface area contributed by atoms with Crippen LogP contribution in [-0.2, 0) is 30.8 Å². The first-order valence-corrected chi connectivity index (χ1v) is 18.6. The molecule has 2 N–H and O–H groups in total. The molecule has 10 nitrogen and oxygen atoms in total. The molecular formula is C39H35Cl2F3N4O6. The average molecular weight is 784 g/mol. The van der Waals surface area contributed by atoms with E-state index in [2.05, 4.69) is 10.4 Å². The lowest BCUT2D eigenvalue weighted by Crippen LogP contribution is -2.53. The molecule has 3 heterocycles. The molecule has 282 valence electrons. The molecule has 6 atom stereocenters. The van der Waals surface area contributed by atoms with Gasteiger partial charge < -0.3 is 9.84 Å². The summed E-state index contributed by atoms with van der Waals surface area (Å²) in [6, 6.07) is 11.4. The summed E-state index contributed by atoms with van der Waals surface area (Å²) < 4.78 is 46.2. The van der Waals surface area contributed by atoms with Gasteiger partial charge in [-0.15, -0.1) is 0 Å². The Hall–Kier alpha value is -4.62. The smallest absolute Gasteiger partial charge is 0.417 e. The van der Waals surface area contributed by atoms with Crippen LogP contribution in [0.15, 0.2) is 66.4 Å². The van der Waals surface area contributed by atoms with Gasteiger partial charge in [0, 0.05) is 28.7 Å². The highest BCUT2D eigenvalue weighted by Crippen LogP contribution is 2.66. The van der Waals surface area contributed by atoms with Gasteiger partial charge in [-0.05, 0) is 67.5 Å². The molecule has 4 amide bonds. The lowest BCUT2D eigenvalue weighted by Gasteiger charge is -2.50. The van der Waals surface area contributed by atoms with E-state index in [0.717, 1.165) is 32.1 Å². The molecule has 6 unspecified atom stereocenters. The third kappa shape index (κ3) is 5.40. The highest BCUT2D eigenvalue weighted by Gasteiger charge is 2.71. The quantitative estimate of drug-likeness (QED) is 0.195. The molecule has 15 heteroatoms. The largest absolute Gasteiger partial charge is 0.508 e. The number of carbonyl (C=O) groups is 4. The number of rotatable bonds is 6. The number of aromatic nitrogens is 1. The molecule has 8 rings (SSSR count). The molecule has 5 aliphatic rings. The van der Waals surface area contributed by atoms with E-state index in [0.29, 0.717) is 33.4 Å². The zero-order valence-electron chi connectivity index (χ0n) is 28.9. The number of methoxy groups -OCH3 is 1. The number of benzene rings is 2. The van der Waals surface area contributed by atoms with Crippen LogP contribution in [0.2, 0.25) is 10.0 Å². The van der Waals surface area contributed by atoms with Crippen LogP contribution in [0.4, 0.5) is 19.0 Å². The SMILES string of the molecule is COc1cccc(O)c1C1C2=CCC3C(=O)N(C4CCCCC4)C(=O)C3C2CC2C(=O)N(Nc3ncc(C(F)(F)F)cc3Cl)C(=O)C21c1ccc(Cl)cc1. The number of pyridine rings is 1. The van der Waals surface area contributed by atoms with Crippen LogP contribution in [0, 0.1) is 23.7 Å². The summed E-state index contributed by atoms with van der Waals surface area (Å²) in [5.74, 6) is -7.00. The van der Waals surface area contributed by atoms with Crippen molar-refractivity contribution in [2.75, 3.05) is 12.5 Å². The Kier molecular flexibility index (Phi) is 8.95. The second kappa shape index (κ2) is 13.3. The Bertz CT molecular complexity index is 2110. The summed E-state index contributed by atoms with van der Waals surface area (Å²) in [4.78, 5) is 64.0. The first-order chi connectivity index (χ1) is 25.8. The second-order valence-corrected chi connectivity index (χ2v) is 15.5. The van der Waals surface area contributed by atoms with E-state index >= 15 is 4.79 Å². The second-order valence-electron chi connectivity index (χ2n) is 14.6. The molecule has 2 aliphatic heterocycles. The maximum atomic E-state index is 15.4. The van der Waals surface area contributed by atoms with Gasteiger partial charge in [-0.25, -0.2) is 4.98 Å². The van der Waals surface area contributed by atoms with Gasteiger partial charge in [-0.2, -0.15) is 18.2 Å². The van der Waals surface area contributed by atoms with Gasteiger partial charge in [0.15, 0.2) is 5.82 Å². The number of likely N-dealkylation sites (tertiary alicyclic amines) is 1. The Labute approximate surface area is 318 Å². The van der Waals surface area contributed by atoms with Crippen LogP contribution in [0.5, 0.6) is 11.5 Å². The molecule has 3 aliphatic carbocycles. The number of amides is 4. The topological polar surface area (TPSA) is 129 Å².